The highest BCUT2D eigenvalue weighted by Gasteiger charge is 2.17. The molecule has 0 radical (unpaired) electrons. The molecule has 0 aliphatic carbocycles. The number of pyridine rings is 1. The zero-order chi connectivity index (χ0) is 14.0. The molecule has 0 aliphatic rings. The quantitative estimate of drug-likeness (QED) is 0.760. The lowest BCUT2D eigenvalue weighted by molar-refractivity contribution is 0.601. The Morgan fingerprint density at radius 1 is 1.26 bits per heavy atom. The molecule has 100 valence electrons. The van der Waals surface area contributed by atoms with E-state index < -0.39 is 10.0 Å². The van der Waals surface area contributed by atoms with Crippen molar-refractivity contribution in [1.29, 1.82) is 0 Å². The van der Waals surface area contributed by atoms with E-state index in [0.717, 1.165) is 0 Å². The summed E-state index contributed by atoms with van der Waals surface area (Å²) in [4.78, 5) is 11.6. The van der Waals surface area contributed by atoms with E-state index in [-0.39, 0.29) is 20.5 Å². The Morgan fingerprint density at radius 3 is 2.63 bits per heavy atom. The fraction of sp³-hybridized carbons (Fsp3) is 0. The van der Waals surface area contributed by atoms with Crippen LogP contribution in [-0.4, -0.2) is 23.4 Å². The standard InChI is InChI=1S/C9H5Br2ClN4O2S/c10-6-4-14-9(8(11)15-6)16-19(17,18)5-1-2-13-7(12)3-5/h1-4H,(H,14,16). The second-order valence-corrected chi connectivity index (χ2v) is 6.89. The first-order valence-electron chi connectivity index (χ1n) is 4.71. The van der Waals surface area contributed by atoms with Crippen LogP contribution in [-0.2, 0) is 10.0 Å². The fourth-order valence-electron chi connectivity index (χ4n) is 1.15. The van der Waals surface area contributed by atoms with Gasteiger partial charge >= 0.3 is 0 Å². The topological polar surface area (TPSA) is 84.8 Å². The van der Waals surface area contributed by atoms with Gasteiger partial charge in [0.15, 0.2) is 10.4 Å². The van der Waals surface area contributed by atoms with Crippen molar-refractivity contribution in [3.8, 4) is 0 Å². The van der Waals surface area contributed by atoms with Crippen molar-refractivity contribution in [3.05, 3.63) is 38.9 Å². The van der Waals surface area contributed by atoms with Crippen molar-refractivity contribution in [1.82, 2.24) is 15.0 Å². The Kier molecular flexibility index (Phi) is 4.39. The van der Waals surface area contributed by atoms with E-state index >= 15 is 0 Å². The molecule has 0 bridgehead atoms. The molecule has 2 rings (SSSR count). The monoisotopic (exact) mass is 426 g/mol. The summed E-state index contributed by atoms with van der Waals surface area (Å²) in [5.74, 6) is 0.0798. The molecule has 0 atom stereocenters. The molecule has 0 aliphatic heterocycles. The molecular weight excluding hydrogens is 423 g/mol. The lowest BCUT2D eigenvalue weighted by atomic mass is 10.5. The molecule has 0 amide bonds. The maximum absolute atomic E-state index is 12.1. The van der Waals surface area contributed by atoms with Crippen LogP contribution in [0.15, 0.2) is 38.6 Å². The summed E-state index contributed by atoms with van der Waals surface area (Å²) in [7, 11) is -3.79. The van der Waals surface area contributed by atoms with Gasteiger partial charge < -0.3 is 0 Å². The molecule has 0 spiro atoms. The lowest BCUT2D eigenvalue weighted by Crippen LogP contribution is -2.14. The van der Waals surface area contributed by atoms with Crippen LogP contribution in [0, 0.1) is 0 Å². The van der Waals surface area contributed by atoms with Crippen LogP contribution in [0.1, 0.15) is 0 Å². The summed E-state index contributed by atoms with van der Waals surface area (Å²) in [6, 6.07) is 2.57. The first-order chi connectivity index (χ1) is 8.88. The van der Waals surface area contributed by atoms with Gasteiger partial charge in [-0.25, -0.2) is 23.4 Å². The molecule has 2 aromatic heterocycles. The number of rotatable bonds is 3. The Hall–Kier alpha value is -0.770. The average molecular weight is 428 g/mol. The Balaban J connectivity index is 2.36. The van der Waals surface area contributed by atoms with E-state index in [0.29, 0.717) is 4.60 Å². The Morgan fingerprint density at radius 2 is 2.00 bits per heavy atom. The van der Waals surface area contributed by atoms with Gasteiger partial charge in [-0.05, 0) is 44.0 Å². The molecule has 0 fully saturated rings. The first kappa shape index (κ1) is 14.6. The molecule has 0 aromatic carbocycles. The van der Waals surface area contributed by atoms with Crippen LogP contribution in [0.3, 0.4) is 0 Å². The summed E-state index contributed by atoms with van der Waals surface area (Å²) in [5, 5.41) is 0.0869. The Bertz CT molecular complexity index is 726. The van der Waals surface area contributed by atoms with E-state index in [9.17, 15) is 8.42 Å². The number of nitrogens with one attached hydrogen (secondary N) is 1. The van der Waals surface area contributed by atoms with Crippen LogP contribution in [0.5, 0.6) is 0 Å². The summed E-state index contributed by atoms with van der Waals surface area (Å²) < 4.78 is 27.2. The van der Waals surface area contributed by atoms with Crippen LogP contribution in [0.25, 0.3) is 0 Å². The third-order valence-corrected chi connectivity index (χ3v) is 4.42. The highest BCUT2D eigenvalue weighted by atomic mass is 79.9. The highest BCUT2D eigenvalue weighted by Crippen LogP contribution is 2.23. The summed E-state index contributed by atoms with van der Waals surface area (Å²) >= 11 is 11.9. The van der Waals surface area contributed by atoms with Crippen molar-refractivity contribution < 1.29 is 8.42 Å². The zero-order valence-electron chi connectivity index (χ0n) is 9.01. The SMILES string of the molecule is O=S(=O)(Nc1ncc(Br)nc1Br)c1ccnc(Cl)c1. The van der Waals surface area contributed by atoms with Gasteiger partial charge in [0.05, 0.1) is 11.1 Å². The number of hydrogen-bond donors (Lipinski definition) is 1. The maximum Gasteiger partial charge on any atom is 0.263 e. The molecule has 6 nitrogen and oxygen atoms in total. The van der Waals surface area contributed by atoms with E-state index in [1.807, 2.05) is 0 Å². The van der Waals surface area contributed by atoms with Gasteiger partial charge in [-0.3, -0.25) is 4.72 Å². The Labute approximate surface area is 130 Å². The molecule has 0 saturated carbocycles. The minimum Gasteiger partial charge on any atom is -0.261 e. The van der Waals surface area contributed by atoms with Gasteiger partial charge in [0.2, 0.25) is 0 Å². The minimum absolute atomic E-state index is 0.0101. The van der Waals surface area contributed by atoms with Crippen LogP contribution < -0.4 is 4.72 Å². The molecule has 2 aromatic rings. The number of anilines is 1. The summed E-state index contributed by atoms with van der Waals surface area (Å²) in [6.45, 7) is 0. The second kappa shape index (κ2) is 5.70. The second-order valence-electron chi connectivity index (χ2n) is 3.25. The molecule has 0 saturated heterocycles. The lowest BCUT2D eigenvalue weighted by Gasteiger charge is -2.08. The van der Waals surface area contributed by atoms with E-state index in [1.165, 1.54) is 24.5 Å². The number of sulfonamides is 1. The van der Waals surface area contributed by atoms with Crippen LogP contribution >= 0.6 is 43.5 Å². The van der Waals surface area contributed by atoms with Gasteiger partial charge in [-0.2, -0.15) is 0 Å². The van der Waals surface area contributed by atoms with Crippen LogP contribution in [0.4, 0.5) is 5.82 Å². The summed E-state index contributed by atoms with van der Waals surface area (Å²) in [5.41, 5.74) is 0. The molecular formula is C9H5Br2ClN4O2S. The maximum atomic E-state index is 12.1. The molecule has 1 N–H and O–H groups in total. The fourth-order valence-corrected chi connectivity index (χ4v) is 3.46. The highest BCUT2D eigenvalue weighted by molar-refractivity contribution is 9.11. The normalized spacial score (nSPS) is 11.3. The van der Waals surface area contributed by atoms with Gasteiger partial charge in [0.1, 0.15) is 9.76 Å². The summed E-state index contributed by atoms with van der Waals surface area (Å²) in [6.07, 6.45) is 2.68. The van der Waals surface area contributed by atoms with E-state index in [4.69, 9.17) is 11.6 Å². The minimum atomic E-state index is -3.79. The number of halogens is 3. The smallest absolute Gasteiger partial charge is 0.261 e. The van der Waals surface area contributed by atoms with E-state index in [2.05, 4.69) is 51.5 Å². The van der Waals surface area contributed by atoms with Crippen molar-refractivity contribution >= 4 is 59.3 Å². The number of hydrogen-bond acceptors (Lipinski definition) is 5. The van der Waals surface area contributed by atoms with Crippen molar-refractivity contribution in [2.24, 2.45) is 0 Å². The molecule has 2 heterocycles. The zero-order valence-corrected chi connectivity index (χ0v) is 13.8. The van der Waals surface area contributed by atoms with Crippen molar-refractivity contribution in [3.63, 3.8) is 0 Å². The third-order valence-electron chi connectivity index (χ3n) is 1.94. The van der Waals surface area contributed by atoms with Crippen molar-refractivity contribution in [2.75, 3.05) is 4.72 Å². The van der Waals surface area contributed by atoms with Crippen molar-refractivity contribution in [2.45, 2.75) is 4.90 Å². The van der Waals surface area contributed by atoms with Crippen LogP contribution in [0.2, 0.25) is 5.15 Å². The van der Waals surface area contributed by atoms with Gasteiger partial charge in [-0.15, -0.1) is 0 Å². The predicted octanol–water partition coefficient (Wildman–Crippen LogP) is 2.85. The molecule has 19 heavy (non-hydrogen) atoms. The first-order valence-corrected chi connectivity index (χ1v) is 8.15. The van der Waals surface area contributed by atoms with Gasteiger partial charge in [0, 0.05) is 6.20 Å². The average Bonchev–Trinajstić information content (AvgIpc) is 2.33. The predicted molar refractivity (Wildman–Crippen MR) is 77.5 cm³/mol. The third kappa shape index (κ3) is 3.62. The number of aromatic nitrogens is 3. The van der Waals surface area contributed by atoms with E-state index in [1.54, 1.807) is 0 Å². The molecule has 0 unspecified atom stereocenters. The van der Waals surface area contributed by atoms with Gasteiger partial charge in [0.25, 0.3) is 10.0 Å². The molecule has 10 heteroatoms. The van der Waals surface area contributed by atoms with Gasteiger partial charge in [-0.1, -0.05) is 11.6 Å². The largest absolute Gasteiger partial charge is 0.263 e. The number of nitrogens with zero attached hydrogens (tertiary/aromatic N) is 3.